The van der Waals surface area contributed by atoms with Crippen molar-refractivity contribution in [2.45, 2.75) is 0 Å². The van der Waals surface area contributed by atoms with E-state index >= 15 is 0 Å². The summed E-state index contributed by atoms with van der Waals surface area (Å²) in [6, 6.07) is 77.1. The molecular formula is C65H36N10. The van der Waals surface area contributed by atoms with Gasteiger partial charge in [0, 0.05) is 49.7 Å². The molecule has 0 aliphatic carbocycles. The van der Waals surface area contributed by atoms with Gasteiger partial charge in [0.25, 0.3) is 0 Å². The van der Waals surface area contributed by atoms with Crippen LogP contribution in [0.2, 0.25) is 0 Å². The zero-order valence-corrected chi connectivity index (χ0v) is 39.8. The van der Waals surface area contributed by atoms with Gasteiger partial charge in [-0.1, -0.05) is 158 Å². The van der Waals surface area contributed by atoms with E-state index in [2.05, 4.69) is 51.9 Å². The number of nitriles is 3. The molecule has 0 amide bonds. The zero-order chi connectivity index (χ0) is 50.8. The summed E-state index contributed by atoms with van der Waals surface area (Å²) in [5.74, 6) is 1.92. The van der Waals surface area contributed by atoms with E-state index < -0.39 is 0 Å². The molecule has 0 N–H and O–H groups in total. The first-order valence-corrected chi connectivity index (χ1v) is 23.9. The highest BCUT2D eigenvalue weighted by molar-refractivity contribution is 6.12. The van der Waals surface area contributed by atoms with Crippen molar-refractivity contribution in [1.82, 2.24) is 29.5 Å². The van der Waals surface area contributed by atoms with Crippen LogP contribution in [0.25, 0.3) is 123 Å². The van der Waals surface area contributed by atoms with Crippen LogP contribution in [0.4, 0.5) is 5.69 Å². The third kappa shape index (κ3) is 8.45. The van der Waals surface area contributed by atoms with E-state index in [1.165, 1.54) is 0 Å². The molecule has 12 aromatic rings. The van der Waals surface area contributed by atoms with Gasteiger partial charge in [0.05, 0.1) is 64.0 Å². The fraction of sp³-hybridized carbons (Fsp3) is 0. The van der Waals surface area contributed by atoms with Crippen LogP contribution in [0, 0.1) is 40.6 Å². The van der Waals surface area contributed by atoms with Gasteiger partial charge in [-0.25, -0.2) is 29.8 Å². The third-order valence-electron chi connectivity index (χ3n) is 13.2. The fourth-order valence-corrected chi connectivity index (χ4v) is 9.58. The van der Waals surface area contributed by atoms with Gasteiger partial charge in [0.15, 0.2) is 29.0 Å². The molecule has 0 saturated heterocycles. The topological polar surface area (TPSA) is 145 Å². The van der Waals surface area contributed by atoms with E-state index in [0.29, 0.717) is 67.9 Å². The van der Waals surface area contributed by atoms with Crippen molar-refractivity contribution in [3.8, 4) is 114 Å². The normalized spacial score (nSPS) is 10.9. The summed E-state index contributed by atoms with van der Waals surface area (Å²) in [5, 5.41) is 31.8. The van der Waals surface area contributed by atoms with E-state index in [9.17, 15) is 15.8 Å². The van der Waals surface area contributed by atoms with Gasteiger partial charge >= 0.3 is 0 Å². The van der Waals surface area contributed by atoms with E-state index in [1.807, 2.05) is 170 Å². The summed E-state index contributed by atoms with van der Waals surface area (Å²) in [4.78, 5) is 29.9. The first-order chi connectivity index (χ1) is 37.0. The van der Waals surface area contributed by atoms with Crippen LogP contribution in [0.1, 0.15) is 16.7 Å². The summed E-state index contributed by atoms with van der Waals surface area (Å²) in [6.45, 7) is 8.14. The molecule has 0 atom stereocenters. The van der Waals surface area contributed by atoms with Gasteiger partial charge < -0.3 is 4.57 Å². The highest BCUT2D eigenvalue weighted by Gasteiger charge is 2.23. The number of benzene rings is 9. The molecule has 0 radical (unpaired) electrons. The molecule has 0 bridgehead atoms. The average Bonchev–Trinajstić information content (AvgIpc) is 3.87. The predicted octanol–water partition coefficient (Wildman–Crippen LogP) is 15.3. The maximum Gasteiger partial charge on any atom is 0.196 e. The summed E-state index contributed by atoms with van der Waals surface area (Å²) in [5.41, 5.74) is 13.1. The van der Waals surface area contributed by atoms with Gasteiger partial charge in [-0.15, -0.1) is 0 Å². The van der Waals surface area contributed by atoms with Gasteiger partial charge in [0.2, 0.25) is 0 Å². The Morgan fingerprint density at radius 3 is 1.33 bits per heavy atom. The lowest BCUT2D eigenvalue weighted by molar-refractivity contribution is 1.07. The molecule has 10 nitrogen and oxygen atoms in total. The number of hydrogen-bond donors (Lipinski definition) is 0. The van der Waals surface area contributed by atoms with Crippen LogP contribution >= 0.6 is 0 Å². The third-order valence-corrected chi connectivity index (χ3v) is 13.2. The Labute approximate surface area is 431 Å². The van der Waals surface area contributed by atoms with Crippen molar-refractivity contribution in [1.29, 1.82) is 15.8 Å². The predicted molar refractivity (Wildman–Crippen MR) is 294 cm³/mol. The van der Waals surface area contributed by atoms with Gasteiger partial charge in [0.1, 0.15) is 0 Å². The van der Waals surface area contributed by atoms with Crippen molar-refractivity contribution >= 4 is 27.5 Å². The van der Waals surface area contributed by atoms with Gasteiger partial charge in [-0.2, -0.15) is 15.8 Å². The SMILES string of the molecule is [C-]#[N+]c1cc(C#N)ccc1-c1ccc2c3ccc(-c4ccc(C#N)cc4C#N)cc3n(-c3ccc(-c4nc(-c5ccccc5)nc(-c5ccccc5)n4)cc3-c3nc(-c4ccccc4)cc(-c4ccccc4)n3)c2c1. The molecule has 0 aliphatic heterocycles. The molecule has 0 unspecified atom stereocenters. The molecule has 10 heteroatoms. The van der Waals surface area contributed by atoms with Crippen molar-refractivity contribution in [3.05, 3.63) is 246 Å². The lowest BCUT2D eigenvalue weighted by Gasteiger charge is -2.17. The minimum atomic E-state index is 0.356. The molecule has 0 fully saturated rings. The molecule has 3 heterocycles. The van der Waals surface area contributed by atoms with Crippen LogP contribution < -0.4 is 0 Å². The van der Waals surface area contributed by atoms with Crippen molar-refractivity contribution < 1.29 is 0 Å². The second-order valence-electron chi connectivity index (χ2n) is 17.7. The Hall–Kier alpha value is -11.2. The van der Waals surface area contributed by atoms with Crippen LogP contribution in [0.3, 0.4) is 0 Å². The van der Waals surface area contributed by atoms with Crippen LogP contribution in [-0.2, 0) is 0 Å². The molecule has 0 aliphatic rings. The van der Waals surface area contributed by atoms with Crippen LogP contribution in [0.15, 0.2) is 218 Å². The van der Waals surface area contributed by atoms with Crippen LogP contribution in [-0.4, -0.2) is 29.5 Å². The summed E-state index contributed by atoms with van der Waals surface area (Å²) >= 11 is 0. The minimum absolute atomic E-state index is 0.356. The number of aromatic nitrogens is 6. The van der Waals surface area contributed by atoms with E-state index in [4.69, 9.17) is 31.5 Å². The molecule has 0 spiro atoms. The Kier molecular flexibility index (Phi) is 11.5. The average molecular weight is 957 g/mol. The summed E-state index contributed by atoms with van der Waals surface area (Å²) < 4.78 is 2.19. The molecular weight excluding hydrogens is 921 g/mol. The highest BCUT2D eigenvalue weighted by atomic mass is 15.0. The fourth-order valence-electron chi connectivity index (χ4n) is 9.58. The number of hydrogen-bond acceptors (Lipinski definition) is 8. The number of nitrogens with zero attached hydrogens (tertiary/aromatic N) is 10. The van der Waals surface area contributed by atoms with Crippen molar-refractivity contribution in [2.75, 3.05) is 0 Å². The molecule has 12 rings (SSSR count). The number of rotatable bonds is 9. The standard InChI is InChI=1S/C65H36N10/c1-69-58-33-42(39-67)23-28-52(58)48-25-30-54-53-29-24-47(51-27-22-41(38-66)32-50(51)40-68)35-60(53)75(61(54)36-48)59-31-26-49(64-73-62(45-18-10-4-11-19-45)72-63(74-64)46-20-12-5-13-21-46)34-55(59)65-70-56(43-14-6-2-7-15-43)37-57(71-65)44-16-8-3-9-17-44/h2-37H. The maximum atomic E-state index is 10.4. The van der Waals surface area contributed by atoms with E-state index in [0.717, 1.165) is 72.3 Å². The number of fused-ring (bicyclic) bond motifs is 3. The van der Waals surface area contributed by atoms with Crippen LogP contribution in [0.5, 0.6) is 0 Å². The smallest absolute Gasteiger partial charge is 0.196 e. The lowest BCUT2D eigenvalue weighted by Crippen LogP contribution is -2.04. The van der Waals surface area contributed by atoms with Crippen molar-refractivity contribution in [2.24, 2.45) is 0 Å². The Balaban J connectivity index is 1.19. The molecule has 9 aromatic carbocycles. The quantitative estimate of drug-likeness (QED) is 0.130. The highest BCUT2D eigenvalue weighted by Crippen LogP contribution is 2.43. The Morgan fingerprint density at radius 1 is 0.360 bits per heavy atom. The molecule has 346 valence electrons. The second-order valence-corrected chi connectivity index (χ2v) is 17.7. The van der Waals surface area contributed by atoms with E-state index in [1.54, 1.807) is 24.3 Å². The maximum absolute atomic E-state index is 10.4. The first-order valence-electron chi connectivity index (χ1n) is 23.9. The summed E-state index contributed by atoms with van der Waals surface area (Å²) in [7, 11) is 0. The van der Waals surface area contributed by atoms with Gasteiger partial charge in [-0.3, -0.25) is 0 Å². The van der Waals surface area contributed by atoms with Crippen molar-refractivity contribution in [3.63, 3.8) is 0 Å². The Bertz CT molecular complexity index is 4140. The molecule has 75 heavy (non-hydrogen) atoms. The summed E-state index contributed by atoms with van der Waals surface area (Å²) in [6.07, 6.45) is 0. The van der Waals surface area contributed by atoms with Gasteiger partial charge in [-0.05, 0) is 82.9 Å². The largest absolute Gasteiger partial charge is 0.308 e. The molecule has 0 saturated carbocycles. The first kappa shape index (κ1) is 45.0. The van der Waals surface area contributed by atoms with E-state index in [-0.39, 0.29) is 0 Å². The molecule has 3 aromatic heterocycles. The second kappa shape index (κ2) is 19.2. The minimum Gasteiger partial charge on any atom is -0.308 e. The monoisotopic (exact) mass is 956 g/mol. The lowest BCUT2D eigenvalue weighted by atomic mass is 9.97. The Morgan fingerprint density at radius 2 is 0.827 bits per heavy atom. The zero-order valence-electron chi connectivity index (χ0n) is 39.8.